The van der Waals surface area contributed by atoms with Crippen LogP contribution in [0.3, 0.4) is 0 Å². The molecule has 166 valence electrons. The number of aromatic nitrogens is 2. The van der Waals surface area contributed by atoms with Gasteiger partial charge in [0.1, 0.15) is 12.4 Å². The lowest BCUT2D eigenvalue weighted by Crippen LogP contribution is -2.35. The van der Waals surface area contributed by atoms with Crippen LogP contribution in [0.1, 0.15) is 18.1 Å². The number of aromatic amines is 1. The highest BCUT2D eigenvalue weighted by molar-refractivity contribution is 9.10. The quantitative estimate of drug-likeness (QED) is 0.340. The predicted octanol–water partition coefficient (Wildman–Crippen LogP) is 3.06. The van der Waals surface area contributed by atoms with E-state index in [2.05, 4.69) is 20.9 Å². The molecule has 0 saturated carbocycles. The number of ether oxygens (including phenoxy) is 2. The fourth-order valence-electron chi connectivity index (χ4n) is 3.24. The number of nitrogens with zero attached hydrogens (tertiary/aromatic N) is 1. The lowest BCUT2D eigenvalue weighted by atomic mass is 9.96. The highest BCUT2D eigenvalue weighted by Gasteiger charge is 2.24. The monoisotopic (exact) mass is 510 g/mol. The summed E-state index contributed by atoms with van der Waals surface area (Å²) in [6.07, 6.45) is 0.193. The lowest BCUT2D eigenvalue weighted by molar-refractivity contribution is 0.0832. The van der Waals surface area contributed by atoms with E-state index in [1.54, 1.807) is 26.2 Å². The van der Waals surface area contributed by atoms with Gasteiger partial charge in [-0.2, -0.15) is 0 Å². The molecule has 2 N–H and O–H groups in total. The molecule has 1 aromatic heterocycles. The van der Waals surface area contributed by atoms with Gasteiger partial charge in [0.2, 0.25) is 0 Å². The number of alkyl halides is 1. The lowest BCUT2D eigenvalue weighted by Gasteiger charge is -2.22. The highest BCUT2D eigenvalue weighted by atomic mass is 79.9. The summed E-state index contributed by atoms with van der Waals surface area (Å²) in [5.74, 6) is 0.360. The Labute approximate surface area is 192 Å². The van der Waals surface area contributed by atoms with E-state index in [-0.39, 0.29) is 25.5 Å². The Kier molecular flexibility index (Phi) is 7.59. The van der Waals surface area contributed by atoms with Crippen molar-refractivity contribution >= 4 is 38.4 Å². The third-order valence-corrected chi connectivity index (χ3v) is 5.94. The van der Waals surface area contributed by atoms with Crippen molar-refractivity contribution in [2.75, 3.05) is 26.2 Å². The van der Waals surface area contributed by atoms with Gasteiger partial charge in [-0.15, -0.1) is 11.6 Å². The SMILES string of the molecule is COCCOc1c(CC(C)(O)CCl)ccc2c(=O)n(Cc3ccc(Br)cc3)c(=O)[nH]c12. The summed E-state index contributed by atoms with van der Waals surface area (Å²) in [4.78, 5) is 28.7. The number of H-pyrrole nitrogens is 1. The molecule has 3 aromatic rings. The maximum Gasteiger partial charge on any atom is 0.329 e. The number of fused-ring (bicyclic) bond motifs is 1. The normalized spacial score (nSPS) is 13.3. The largest absolute Gasteiger partial charge is 0.489 e. The molecule has 1 heterocycles. The van der Waals surface area contributed by atoms with Gasteiger partial charge >= 0.3 is 5.69 Å². The van der Waals surface area contributed by atoms with Crippen molar-refractivity contribution in [2.45, 2.75) is 25.5 Å². The zero-order valence-electron chi connectivity index (χ0n) is 17.3. The molecule has 0 fully saturated rings. The van der Waals surface area contributed by atoms with Crippen LogP contribution in [0.5, 0.6) is 5.75 Å². The van der Waals surface area contributed by atoms with Gasteiger partial charge in [-0.3, -0.25) is 9.36 Å². The van der Waals surface area contributed by atoms with Crippen LogP contribution in [0.2, 0.25) is 0 Å². The molecule has 31 heavy (non-hydrogen) atoms. The summed E-state index contributed by atoms with van der Waals surface area (Å²) in [6, 6.07) is 10.7. The van der Waals surface area contributed by atoms with Gasteiger partial charge in [0.05, 0.1) is 35.5 Å². The Morgan fingerprint density at radius 2 is 1.87 bits per heavy atom. The molecule has 1 unspecified atom stereocenters. The van der Waals surface area contributed by atoms with Crippen molar-refractivity contribution in [3.63, 3.8) is 0 Å². The van der Waals surface area contributed by atoms with Crippen molar-refractivity contribution in [3.05, 3.63) is 72.8 Å². The first-order valence-electron chi connectivity index (χ1n) is 9.69. The van der Waals surface area contributed by atoms with Gasteiger partial charge in [-0.25, -0.2) is 4.79 Å². The van der Waals surface area contributed by atoms with Crippen LogP contribution in [0.15, 0.2) is 50.5 Å². The van der Waals surface area contributed by atoms with E-state index < -0.39 is 16.9 Å². The standard InChI is InChI=1S/C22H24BrClN2O5/c1-22(29,13-24)11-15-5-8-17-18(19(15)31-10-9-30-2)25-21(28)26(20(17)27)12-14-3-6-16(23)7-4-14/h3-8,29H,9-13H2,1-2H3,(H,25,28). The first kappa shape index (κ1) is 23.5. The summed E-state index contributed by atoms with van der Waals surface area (Å²) in [7, 11) is 1.55. The molecule has 0 radical (unpaired) electrons. The molecule has 3 rings (SSSR count). The minimum Gasteiger partial charge on any atom is -0.489 e. The Bertz CT molecular complexity index is 1170. The fraction of sp³-hybridized carbons (Fsp3) is 0.364. The second-order valence-corrected chi connectivity index (χ2v) is 8.76. The molecule has 9 heteroatoms. The Morgan fingerprint density at radius 3 is 2.52 bits per heavy atom. The summed E-state index contributed by atoms with van der Waals surface area (Å²) in [6.45, 7) is 2.30. The van der Waals surface area contributed by atoms with Crippen molar-refractivity contribution in [3.8, 4) is 5.75 Å². The molecule has 0 aliphatic carbocycles. The average Bonchev–Trinajstić information content (AvgIpc) is 2.74. The molecule has 0 saturated heterocycles. The van der Waals surface area contributed by atoms with Crippen LogP contribution >= 0.6 is 27.5 Å². The number of hydrogen-bond donors (Lipinski definition) is 2. The number of methoxy groups -OCH3 is 1. The third-order valence-electron chi connectivity index (χ3n) is 4.84. The molecule has 7 nitrogen and oxygen atoms in total. The zero-order chi connectivity index (χ0) is 22.6. The first-order chi connectivity index (χ1) is 14.8. The van der Waals surface area contributed by atoms with Crippen molar-refractivity contribution in [1.82, 2.24) is 9.55 Å². The van der Waals surface area contributed by atoms with Gasteiger partial charge in [-0.05, 0) is 36.2 Å². The molecule has 2 aromatic carbocycles. The van der Waals surface area contributed by atoms with Crippen LogP contribution in [0.25, 0.3) is 10.9 Å². The Morgan fingerprint density at radius 1 is 1.16 bits per heavy atom. The average molecular weight is 512 g/mol. The van der Waals surface area contributed by atoms with Crippen LogP contribution < -0.4 is 16.0 Å². The van der Waals surface area contributed by atoms with Crippen LogP contribution in [-0.4, -0.2) is 46.5 Å². The molecular weight excluding hydrogens is 488 g/mol. The minimum absolute atomic E-state index is 0.0217. The third kappa shape index (κ3) is 5.57. The molecule has 0 spiro atoms. The summed E-state index contributed by atoms with van der Waals surface area (Å²) < 4.78 is 13.0. The maximum absolute atomic E-state index is 13.1. The van der Waals surface area contributed by atoms with E-state index >= 15 is 0 Å². The zero-order valence-corrected chi connectivity index (χ0v) is 19.6. The van der Waals surface area contributed by atoms with Crippen molar-refractivity contribution in [2.24, 2.45) is 0 Å². The van der Waals surface area contributed by atoms with E-state index in [0.29, 0.717) is 28.8 Å². The van der Waals surface area contributed by atoms with Crippen molar-refractivity contribution in [1.29, 1.82) is 0 Å². The molecule has 0 amide bonds. The number of halogens is 2. The van der Waals surface area contributed by atoms with Gasteiger partial charge in [0.15, 0.2) is 0 Å². The second-order valence-electron chi connectivity index (χ2n) is 7.57. The van der Waals surface area contributed by atoms with E-state index in [0.717, 1.165) is 14.6 Å². The van der Waals surface area contributed by atoms with E-state index in [1.807, 2.05) is 24.3 Å². The van der Waals surface area contributed by atoms with Crippen LogP contribution in [0, 0.1) is 0 Å². The fourth-order valence-corrected chi connectivity index (χ4v) is 3.60. The predicted molar refractivity (Wildman–Crippen MR) is 124 cm³/mol. The minimum atomic E-state index is -1.18. The number of hydrogen-bond acceptors (Lipinski definition) is 5. The van der Waals surface area contributed by atoms with Gasteiger partial charge in [-0.1, -0.05) is 34.1 Å². The van der Waals surface area contributed by atoms with Crippen molar-refractivity contribution < 1.29 is 14.6 Å². The van der Waals surface area contributed by atoms with E-state index in [9.17, 15) is 14.7 Å². The van der Waals surface area contributed by atoms with Gasteiger partial charge < -0.3 is 19.6 Å². The summed E-state index contributed by atoms with van der Waals surface area (Å²) in [5.41, 5.74) is -0.393. The number of nitrogens with one attached hydrogen (secondary N) is 1. The van der Waals surface area contributed by atoms with Crippen LogP contribution in [-0.2, 0) is 17.7 Å². The number of benzene rings is 2. The number of aliphatic hydroxyl groups is 1. The summed E-state index contributed by atoms with van der Waals surface area (Å²) in [5, 5.41) is 10.7. The van der Waals surface area contributed by atoms with Gasteiger partial charge in [0.25, 0.3) is 5.56 Å². The molecule has 1 atom stereocenters. The molecular formula is C22H24BrClN2O5. The van der Waals surface area contributed by atoms with E-state index in [1.165, 1.54) is 0 Å². The maximum atomic E-state index is 13.1. The number of rotatable bonds is 9. The second kappa shape index (κ2) is 9.99. The topological polar surface area (TPSA) is 93.5 Å². The Hall–Kier alpha value is -2.13. The van der Waals surface area contributed by atoms with E-state index in [4.69, 9.17) is 21.1 Å². The smallest absolute Gasteiger partial charge is 0.329 e. The first-order valence-corrected chi connectivity index (χ1v) is 11.0. The highest BCUT2D eigenvalue weighted by Crippen LogP contribution is 2.30. The Balaban J connectivity index is 2.11. The van der Waals surface area contributed by atoms with Gasteiger partial charge in [0, 0.05) is 18.0 Å². The summed E-state index contributed by atoms with van der Waals surface area (Å²) >= 11 is 9.25. The molecule has 0 aliphatic rings. The van der Waals surface area contributed by atoms with Crippen LogP contribution in [0.4, 0.5) is 0 Å². The molecule has 0 bridgehead atoms. The molecule has 0 aliphatic heterocycles.